The number of amides is 1. The van der Waals surface area contributed by atoms with E-state index in [1.54, 1.807) is 0 Å². The molecule has 1 aromatic carbocycles. The largest absolute Gasteiger partial charge is 0.322 e. The summed E-state index contributed by atoms with van der Waals surface area (Å²) in [5, 5.41) is 5.90. The SMILES string of the molecule is Cc1cc(F)c2c(c1)C(NC1CC1C)C(=O)N2. The molecule has 1 saturated carbocycles. The van der Waals surface area contributed by atoms with Gasteiger partial charge in [0, 0.05) is 11.6 Å². The molecule has 3 unspecified atom stereocenters. The predicted molar refractivity (Wildman–Crippen MR) is 63.2 cm³/mol. The van der Waals surface area contributed by atoms with E-state index in [2.05, 4.69) is 17.6 Å². The molecule has 0 bridgehead atoms. The van der Waals surface area contributed by atoms with Crippen molar-refractivity contribution in [3.05, 3.63) is 29.1 Å². The molecule has 1 aliphatic heterocycles. The molecule has 1 aliphatic carbocycles. The maximum Gasteiger partial charge on any atom is 0.246 e. The molecule has 90 valence electrons. The summed E-state index contributed by atoms with van der Waals surface area (Å²) in [5.74, 6) is 0.117. The average molecular weight is 234 g/mol. The summed E-state index contributed by atoms with van der Waals surface area (Å²) in [6.07, 6.45) is 1.09. The Morgan fingerprint density at radius 3 is 2.82 bits per heavy atom. The first kappa shape index (κ1) is 10.7. The molecule has 0 saturated heterocycles. The molecule has 0 aromatic heterocycles. The van der Waals surface area contributed by atoms with Crippen molar-refractivity contribution in [3.63, 3.8) is 0 Å². The Balaban J connectivity index is 1.94. The third kappa shape index (κ3) is 1.72. The summed E-state index contributed by atoms with van der Waals surface area (Å²) >= 11 is 0. The van der Waals surface area contributed by atoms with Gasteiger partial charge in [-0.3, -0.25) is 10.1 Å². The van der Waals surface area contributed by atoms with Gasteiger partial charge in [-0.15, -0.1) is 0 Å². The molecule has 2 N–H and O–H groups in total. The normalized spacial score (nSPS) is 30.1. The van der Waals surface area contributed by atoms with Crippen molar-refractivity contribution in [2.45, 2.75) is 32.4 Å². The standard InChI is InChI=1S/C13H15FN2O/c1-6-3-8-11(9(14)4-6)16-13(17)12(8)15-10-5-7(10)2/h3-4,7,10,12,15H,5H2,1-2H3,(H,16,17). The molecular weight excluding hydrogens is 219 g/mol. The Hall–Kier alpha value is -1.42. The molecule has 3 nitrogen and oxygen atoms in total. The lowest BCUT2D eigenvalue weighted by molar-refractivity contribution is -0.117. The van der Waals surface area contributed by atoms with Crippen LogP contribution in [0.15, 0.2) is 12.1 Å². The zero-order valence-electron chi connectivity index (χ0n) is 9.88. The monoisotopic (exact) mass is 234 g/mol. The molecule has 1 heterocycles. The molecular formula is C13H15FN2O. The van der Waals surface area contributed by atoms with Crippen LogP contribution >= 0.6 is 0 Å². The number of hydrogen-bond acceptors (Lipinski definition) is 2. The van der Waals surface area contributed by atoms with Gasteiger partial charge in [0.25, 0.3) is 0 Å². The van der Waals surface area contributed by atoms with Crippen molar-refractivity contribution in [1.82, 2.24) is 5.32 Å². The second-order valence-electron chi connectivity index (χ2n) is 5.12. The van der Waals surface area contributed by atoms with Gasteiger partial charge < -0.3 is 5.32 Å². The van der Waals surface area contributed by atoms with Crippen LogP contribution in [0.25, 0.3) is 0 Å². The van der Waals surface area contributed by atoms with Crippen LogP contribution in [0.2, 0.25) is 0 Å². The molecule has 3 rings (SSSR count). The summed E-state index contributed by atoms with van der Waals surface area (Å²) < 4.78 is 13.7. The fourth-order valence-corrected chi connectivity index (χ4v) is 2.40. The third-order valence-corrected chi connectivity index (χ3v) is 3.58. The highest BCUT2D eigenvalue weighted by Crippen LogP contribution is 2.38. The minimum Gasteiger partial charge on any atom is -0.322 e. The van der Waals surface area contributed by atoms with E-state index in [0.717, 1.165) is 17.5 Å². The molecule has 1 fully saturated rings. The Morgan fingerprint density at radius 1 is 1.47 bits per heavy atom. The Labute approximate surface area is 99.4 Å². The molecule has 0 spiro atoms. The topological polar surface area (TPSA) is 41.1 Å². The average Bonchev–Trinajstić information content (AvgIpc) is 2.85. The van der Waals surface area contributed by atoms with Crippen LogP contribution < -0.4 is 10.6 Å². The second kappa shape index (κ2) is 3.53. The van der Waals surface area contributed by atoms with Crippen LogP contribution in [0.4, 0.5) is 10.1 Å². The number of carbonyl (C=O) groups excluding carboxylic acids is 1. The number of hydrogen-bond donors (Lipinski definition) is 2. The molecule has 17 heavy (non-hydrogen) atoms. The maximum atomic E-state index is 13.7. The predicted octanol–water partition coefficient (Wildman–Crippen LogP) is 2.13. The number of carbonyl (C=O) groups is 1. The highest BCUT2D eigenvalue weighted by Gasteiger charge is 2.40. The van der Waals surface area contributed by atoms with Gasteiger partial charge in [-0.1, -0.05) is 13.0 Å². The van der Waals surface area contributed by atoms with Crippen LogP contribution in [0.1, 0.15) is 30.5 Å². The van der Waals surface area contributed by atoms with Crippen LogP contribution in [-0.4, -0.2) is 11.9 Å². The molecule has 1 amide bonds. The van der Waals surface area contributed by atoms with E-state index in [1.807, 2.05) is 13.0 Å². The van der Waals surface area contributed by atoms with Gasteiger partial charge in [0.05, 0.1) is 5.69 Å². The van der Waals surface area contributed by atoms with E-state index in [-0.39, 0.29) is 11.7 Å². The van der Waals surface area contributed by atoms with Crippen molar-refractivity contribution in [3.8, 4) is 0 Å². The molecule has 3 atom stereocenters. The Bertz CT molecular complexity index is 500. The van der Waals surface area contributed by atoms with Gasteiger partial charge in [-0.25, -0.2) is 4.39 Å². The van der Waals surface area contributed by atoms with Gasteiger partial charge in [0.1, 0.15) is 11.9 Å². The van der Waals surface area contributed by atoms with Crippen molar-refractivity contribution < 1.29 is 9.18 Å². The first-order valence-electron chi connectivity index (χ1n) is 5.93. The van der Waals surface area contributed by atoms with Crippen molar-refractivity contribution in [2.24, 2.45) is 5.92 Å². The van der Waals surface area contributed by atoms with Gasteiger partial charge in [-0.2, -0.15) is 0 Å². The summed E-state index contributed by atoms with van der Waals surface area (Å²) in [6, 6.07) is 3.32. The second-order valence-corrected chi connectivity index (χ2v) is 5.12. The smallest absolute Gasteiger partial charge is 0.246 e. The van der Waals surface area contributed by atoms with Crippen LogP contribution in [-0.2, 0) is 4.79 Å². The van der Waals surface area contributed by atoms with E-state index in [4.69, 9.17) is 0 Å². The number of fused-ring (bicyclic) bond motifs is 1. The molecule has 4 heteroatoms. The summed E-state index contributed by atoms with van der Waals surface area (Å²) in [5.41, 5.74) is 1.92. The summed E-state index contributed by atoms with van der Waals surface area (Å²) in [7, 11) is 0. The van der Waals surface area contributed by atoms with E-state index >= 15 is 0 Å². The van der Waals surface area contributed by atoms with Crippen molar-refractivity contribution in [1.29, 1.82) is 0 Å². The van der Waals surface area contributed by atoms with Gasteiger partial charge in [0.2, 0.25) is 5.91 Å². The highest BCUT2D eigenvalue weighted by atomic mass is 19.1. The lowest BCUT2D eigenvalue weighted by Gasteiger charge is -2.11. The Kier molecular flexibility index (Phi) is 2.23. The number of rotatable bonds is 2. The zero-order chi connectivity index (χ0) is 12.2. The first-order chi connectivity index (χ1) is 8.06. The summed E-state index contributed by atoms with van der Waals surface area (Å²) in [6.45, 7) is 3.98. The number of halogens is 1. The van der Waals surface area contributed by atoms with E-state index in [0.29, 0.717) is 17.6 Å². The van der Waals surface area contributed by atoms with Crippen molar-refractivity contribution >= 4 is 11.6 Å². The fourth-order valence-electron chi connectivity index (χ4n) is 2.40. The fraction of sp³-hybridized carbons (Fsp3) is 0.462. The van der Waals surface area contributed by atoms with Crippen LogP contribution in [0.5, 0.6) is 0 Å². The molecule has 2 aliphatic rings. The van der Waals surface area contributed by atoms with E-state index in [9.17, 15) is 9.18 Å². The van der Waals surface area contributed by atoms with Crippen LogP contribution in [0.3, 0.4) is 0 Å². The minimum atomic E-state index is -0.394. The van der Waals surface area contributed by atoms with Gasteiger partial charge in [-0.05, 0) is 30.9 Å². The van der Waals surface area contributed by atoms with Gasteiger partial charge >= 0.3 is 0 Å². The highest BCUT2D eigenvalue weighted by molar-refractivity contribution is 6.02. The summed E-state index contributed by atoms with van der Waals surface area (Å²) in [4.78, 5) is 11.8. The first-order valence-corrected chi connectivity index (χ1v) is 5.93. The number of anilines is 1. The molecule has 0 radical (unpaired) electrons. The Morgan fingerprint density at radius 2 is 2.18 bits per heavy atom. The lowest BCUT2D eigenvalue weighted by Crippen LogP contribution is -2.29. The maximum absolute atomic E-state index is 13.7. The molecule has 1 aromatic rings. The lowest BCUT2D eigenvalue weighted by atomic mass is 10.0. The number of benzene rings is 1. The van der Waals surface area contributed by atoms with Crippen molar-refractivity contribution in [2.75, 3.05) is 5.32 Å². The van der Waals surface area contributed by atoms with E-state index < -0.39 is 6.04 Å². The van der Waals surface area contributed by atoms with Gasteiger partial charge in [0.15, 0.2) is 0 Å². The zero-order valence-corrected chi connectivity index (χ0v) is 9.88. The number of aryl methyl sites for hydroxylation is 1. The minimum absolute atomic E-state index is 0.149. The quantitative estimate of drug-likeness (QED) is 0.823. The number of nitrogens with one attached hydrogen (secondary N) is 2. The third-order valence-electron chi connectivity index (χ3n) is 3.58. The van der Waals surface area contributed by atoms with E-state index in [1.165, 1.54) is 6.07 Å². The van der Waals surface area contributed by atoms with Crippen LogP contribution in [0, 0.1) is 18.7 Å².